The molecule has 96 valence electrons. The van der Waals surface area contributed by atoms with Crippen molar-refractivity contribution in [1.82, 2.24) is 10.8 Å². The van der Waals surface area contributed by atoms with Crippen molar-refractivity contribution in [2.75, 3.05) is 26.9 Å². The molecule has 0 bridgehead atoms. The molecule has 1 rings (SSSR count). The Labute approximate surface area is 99.0 Å². The van der Waals surface area contributed by atoms with Crippen molar-refractivity contribution < 1.29 is 9.57 Å². The highest BCUT2D eigenvalue weighted by atomic mass is 16.7. The standard InChI is InChI=1S/C12H26N2O2/c1-11(14-16-9-8-15-2)10-12-6-4-3-5-7-13-12/h11-14H,3-10H2,1-2H3. The van der Waals surface area contributed by atoms with Crippen molar-refractivity contribution in [2.45, 2.75) is 51.1 Å². The highest BCUT2D eigenvalue weighted by Gasteiger charge is 2.14. The molecule has 4 nitrogen and oxygen atoms in total. The highest BCUT2D eigenvalue weighted by Crippen LogP contribution is 2.12. The Bertz CT molecular complexity index is 159. The molecular weight excluding hydrogens is 204 g/mol. The zero-order valence-electron chi connectivity index (χ0n) is 10.6. The zero-order valence-corrected chi connectivity index (χ0v) is 10.6. The van der Waals surface area contributed by atoms with E-state index in [1.807, 2.05) is 0 Å². The van der Waals surface area contributed by atoms with E-state index in [9.17, 15) is 0 Å². The molecule has 0 amide bonds. The molecular formula is C12H26N2O2. The fourth-order valence-corrected chi connectivity index (χ4v) is 2.10. The van der Waals surface area contributed by atoms with Gasteiger partial charge in [0.05, 0.1) is 13.2 Å². The quantitative estimate of drug-likeness (QED) is 0.513. The van der Waals surface area contributed by atoms with Crippen LogP contribution < -0.4 is 10.8 Å². The summed E-state index contributed by atoms with van der Waals surface area (Å²) < 4.78 is 4.91. The third-order valence-electron chi connectivity index (χ3n) is 2.97. The molecule has 0 spiro atoms. The molecule has 2 atom stereocenters. The van der Waals surface area contributed by atoms with E-state index < -0.39 is 0 Å². The molecule has 0 radical (unpaired) electrons. The summed E-state index contributed by atoms with van der Waals surface area (Å²) in [7, 11) is 1.68. The zero-order chi connectivity index (χ0) is 11.6. The number of rotatable bonds is 7. The second-order valence-electron chi connectivity index (χ2n) is 4.60. The number of hydroxylamine groups is 1. The van der Waals surface area contributed by atoms with Gasteiger partial charge in [-0.2, -0.15) is 5.48 Å². The van der Waals surface area contributed by atoms with Gasteiger partial charge in [-0.3, -0.25) is 4.84 Å². The number of ether oxygens (including phenoxy) is 1. The second kappa shape index (κ2) is 8.93. The largest absolute Gasteiger partial charge is 0.382 e. The maximum absolute atomic E-state index is 5.31. The predicted octanol–water partition coefficient (Wildman–Crippen LogP) is 1.46. The summed E-state index contributed by atoms with van der Waals surface area (Å²) in [6.45, 7) is 4.58. The average Bonchev–Trinajstić information content (AvgIpc) is 2.53. The minimum Gasteiger partial charge on any atom is -0.382 e. The molecule has 2 unspecified atom stereocenters. The molecule has 2 N–H and O–H groups in total. The van der Waals surface area contributed by atoms with E-state index in [4.69, 9.17) is 9.57 Å². The van der Waals surface area contributed by atoms with Gasteiger partial charge in [0, 0.05) is 19.2 Å². The fraction of sp³-hybridized carbons (Fsp3) is 1.00. The van der Waals surface area contributed by atoms with Crippen LogP contribution >= 0.6 is 0 Å². The average molecular weight is 230 g/mol. The van der Waals surface area contributed by atoms with Crippen molar-refractivity contribution in [3.8, 4) is 0 Å². The normalized spacial score (nSPS) is 24.0. The summed E-state index contributed by atoms with van der Waals surface area (Å²) in [5.41, 5.74) is 3.07. The summed E-state index contributed by atoms with van der Waals surface area (Å²) in [6.07, 6.45) is 6.48. The molecule has 1 aliphatic rings. The van der Waals surface area contributed by atoms with Gasteiger partial charge in [-0.25, -0.2) is 0 Å². The second-order valence-corrected chi connectivity index (χ2v) is 4.60. The van der Waals surface area contributed by atoms with E-state index in [0.29, 0.717) is 25.3 Å². The molecule has 4 heteroatoms. The van der Waals surface area contributed by atoms with Crippen LogP contribution in [-0.4, -0.2) is 39.0 Å². The van der Waals surface area contributed by atoms with Crippen molar-refractivity contribution in [3.05, 3.63) is 0 Å². The third-order valence-corrected chi connectivity index (χ3v) is 2.97. The van der Waals surface area contributed by atoms with Crippen LogP contribution in [0.5, 0.6) is 0 Å². The van der Waals surface area contributed by atoms with Crippen LogP contribution in [0, 0.1) is 0 Å². The molecule has 0 aliphatic carbocycles. The lowest BCUT2D eigenvalue weighted by Gasteiger charge is -2.21. The van der Waals surface area contributed by atoms with E-state index in [-0.39, 0.29) is 0 Å². The van der Waals surface area contributed by atoms with Gasteiger partial charge in [0.25, 0.3) is 0 Å². The highest BCUT2D eigenvalue weighted by molar-refractivity contribution is 4.74. The molecule has 1 aliphatic heterocycles. The number of nitrogens with one attached hydrogen (secondary N) is 2. The number of methoxy groups -OCH3 is 1. The van der Waals surface area contributed by atoms with Crippen molar-refractivity contribution in [2.24, 2.45) is 0 Å². The number of hydrogen-bond acceptors (Lipinski definition) is 4. The Morgan fingerprint density at radius 2 is 2.19 bits per heavy atom. The first-order valence-electron chi connectivity index (χ1n) is 6.42. The maximum Gasteiger partial charge on any atom is 0.0915 e. The summed E-state index contributed by atoms with van der Waals surface area (Å²) in [6, 6.07) is 1.04. The summed E-state index contributed by atoms with van der Waals surface area (Å²) >= 11 is 0. The van der Waals surface area contributed by atoms with E-state index >= 15 is 0 Å². The third kappa shape index (κ3) is 6.43. The maximum atomic E-state index is 5.31. The Balaban J connectivity index is 2.04. The summed E-state index contributed by atoms with van der Waals surface area (Å²) in [4.78, 5) is 5.31. The van der Waals surface area contributed by atoms with Crippen molar-refractivity contribution in [3.63, 3.8) is 0 Å². The molecule has 0 saturated carbocycles. The molecule has 1 heterocycles. The summed E-state index contributed by atoms with van der Waals surface area (Å²) in [5, 5.41) is 3.59. The Kier molecular flexibility index (Phi) is 7.76. The monoisotopic (exact) mass is 230 g/mol. The topological polar surface area (TPSA) is 42.5 Å². The smallest absolute Gasteiger partial charge is 0.0915 e. The Morgan fingerprint density at radius 3 is 3.00 bits per heavy atom. The van der Waals surface area contributed by atoms with Gasteiger partial charge >= 0.3 is 0 Å². The van der Waals surface area contributed by atoms with Crippen LogP contribution in [0.25, 0.3) is 0 Å². The molecule has 1 fully saturated rings. The molecule has 0 aromatic rings. The van der Waals surface area contributed by atoms with Gasteiger partial charge in [-0.05, 0) is 32.7 Å². The van der Waals surface area contributed by atoms with Crippen LogP contribution in [0.4, 0.5) is 0 Å². The molecule has 16 heavy (non-hydrogen) atoms. The molecule has 0 aromatic heterocycles. The van der Waals surface area contributed by atoms with Gasteiger partial charge in [0.2, 0.25) is 0 Å². The van der Waals surface area contributed by atoms with Gasteiger partial charge < -0.3 is 10.1 Å². The Hall–Kier alpha value is -0.160. The van der Waals surface area contributed by atoms with Crippen LogP contribution in [0.15, 0.2) is 0 Å². The van der Waals surface area contributed by atoms with Gasteiger partial charge in [0.1, 0.15) is 0 Å². The van der Waals surface area contributed by atoms with Gasteiger partial charge in [-0.1, -0.05) is 12.8 Å². The molecule has 0 aromatic carbocycles. The molecule has 1 saturated heterocycles. The Morgan fingerprint density at radius 1 is 1.31 bits per heavy atom. The fourth-order valence-electron chi connectivity index (χ4n) is 2.10. The van der Waals surface area contributed by atoms with Crippen molar-refractivity contribution in [1.29, 1.82) is 0 Å². The van der Waals surface area contributed by atoms with E-state index in [1.54, 1.807) is 7.11 Å². The lowest BCUT2D eigenvalue weighted by atomic mass is 10.0. The first kappa shape index (κ1) is 13.9. The van der Waals surface area contributed by atoms with Crippen LogP contribution in [0.2, 0.25) is 0 Å². The first-order valence-corrected chi connectivity index (χ1v) is 6.42. The minimum atomic E-state index is 0.396. The minimum absolute atomic E-state index is 0.396. The van der Waals surface area contributed by atoms with Gasteiger partial charge in [-0.15, -0.1) is 0 Å². The van der Waals surface area contributed by atoms with Gasteiger partial charge in [0.15, 0.2) is 0 Å². The summed E-state index contributed by atoms with van der Waals surface area (Å²) in [5.74, 6) is 0. The SMILES string of the molecule is COCCONC(C)CC1CCCCCN1. The van der Waals surface area contributed by atoms with Crippen LogP contribution in [-0.2, 0) is 9.57 Å². The lowest BCUT2D eigenvalue weighted by Crippen LogP contribution is -2.37. The van der Waals surface area contributed by atoms with Crippen molar-refractivity contribution >= 4 is 0 Å². The van der Waals surface area contributed by atoms with Crippen LogP contribution in [0.1, 0.15) is 39.0 Å². The first-order chi connectivity index (χ1) is 7.83. The van der Waals surface area contributed by atoms with Crippen LogP contribution in [0.3, 0.4) is 0 Å². The van der Waals surface area contributed by atoms with E-state index in [1.165, 1.54) is 32.2 Å². The predicted molar refractivity (Wildman–Crippen MR) is 65.3 cm³/mol. The number of hydrogen-bond donors (Lipinski definition) is 2. The van der Waals surface area contributed by atoms with E-state index in [0.717, 1.165) is 6.42 Å². The lowest BCUT2D eigenvalue weighted by molar-refractivity contribution is -0.0116. The van der Waals surface area contributed by atoms with E-state index in [2.05, 4.69) is 17.7 Å².